The summed E-state index contributed by atoms with van der Waals surface area (Å²) in [5.41, 5.74) is -0.494. The standard InChI is InChI=1S/C18H26BrN3O5/c1-18(2,3)27-17(23)20-13-5-4-8-21(12-13)9-10-26-16-7-6-14(22(24)25)11-15(16)19/h6-7,11,13H,4-5,8-10,12H2,1-3H3,(H,20,23)/t13-/m1/s1. The highest BCUT2D eigenvalue weighted by molar-refractivity contribution is 9.10. The molecule has 1 heterocycles. The third-order valence-electron chi connectivity index (χ3n) is 4.02. The van der Waals surface area contributed by atoms with Gasteiger partial charge < -0.3 is 14.8 Å². The Balaban J connectivity index is 1.77. The van der Waals surface area contributed by atoms with Gasteiger partial charge in [0.1, 0.15) is 18.0 Å². The number of amides is 1. The highest BCUT2D eigenvalue weighted by Gasteiger charge is 2.24. The normalized spacial score (nSPS) is 18.0. The van der Waals surface area contributed by atoms with E-state index in [4.69, 9.17) is 9.47 Å². The molecule has 0 unspecified atom stereocenters. The lowest BCUT2D eigenvalue weighted by Crippen LogP contribution is -2.49. The molecule has 2 rings (SSSR count). The third kappa shape index (κ3) is 7.34. The lowest BCUT2D eigenvalue weighted by atomic mass is 10.1. The van der Waals surface area contributed by atoms with Gasteiger partial charge in [0.25, 0.3) is 5.69 Å². The highest BCUT2D eigenvalue weighted by atomic mass is 79.9. The van der Waals surface area contributed by atoms with Crippen LogP contribution in [0.3, 0.4) is 0 Å². The number of ether oxygens (including phenoxy) is 2. The number of nitro groups is 1. The first kappa shape index (κ1) is 21.4. The van der Waals surface area contributed by atoms with E-state index in [1.54, 1.807) is 6.07 Å². The molecule has 1 amide bonds. The monoisotopic (exact) mass is 443 g/mol. The summed E-state index contributed by atoms with van der Waals surface area (Å²) in [6.07, 6.45) is 1.52. The molecular formula is C18H26BrN3O5. The number of nitrogens with zero attached hydrogens (tertiary/aromatic N) is 2. The number of carbonyl (C=O) groups is 1. The lowest BCUT2D eigenvalue weighted by molar-refractivity contribution is -0.385. The van der Waals surface area contributed by atoms with Crippen LogP contribution < -0.4 is 10.1 Å². The molecule has 8 nitrogen and oxygen atoms in total. The summed E-state index contributed by atoms with van der Waals surface area (Å²) in [5, 5.41) is 13.7. The van der Waals surface area contributed by atoms with Crippen LogP contribution in [-0.2, 0) is 4.74 Å². The summed E-state index contributed by atoms with van der Waals surface area (Å²) in [7, 11) is 0. The minimum Gasteiger partial charge on any atom is -0.491 e. The van der Waals surface area contributed by atoms with Crippen molar-refractivity contribution in [3.8, 4) is 5.75 Å². The van der Waals surface area contributed by atoms with E-state index < -0.39 is 10.5 Å². The quantitative estimate of drug-likeness (QED) is 0.531. The third-order valence-corrected chi connectivity index (χ3v) is 4.64. The predicted molar refractivity (Wildman–Crippen MR) is 105 cm³/mol. The van der Waals surface area contributed by atoms with Gasteiger partial charge in [-0.3, -0.25) is 15.0 Å². The Morgan fingerprint density at radius 1 is 1.44 bits per heavy atom. The SMILES string of the molecule is CC(C)(C)OC(=O)N[C@@H]1CCCN(CCOc2ccc([N+](=O)[O-])cc2Br)C1. The van der Waals surface area contributed by atoms with E-state index in [0.29, 0.717) is 23.4 Å². The van der Waals surface area contributed by atoms with Crippen molar-refractivity contribution >= 4 is 27.7 Å². The molecule has 1 aromatic carbocycles. The van der Waals surface area contributed by atoms with Crippen molar-refractivity contribution < 1.29 is 19.2 Å². The summed E-state index contributed by atoms with van der Waals surface area (Å²) < 4.78 is 11.6. The highest BCUT2D eigenvalue weighted by Crippen LogP contribution is 2.29. The molecule has 1 saturated heterocycles. The first-order valence-corrected chi connectivity index (χ1v) is 9.72. The van der Waals surface area contributed by atoms with Crippen LogP contribution >= 0.6 is 15.9 Å². The molecule has 0 saturated carbocycles. The number of nitro benzene ring substituents is 1. The molecule has 1 atom stereocenters. The molecular weight excluding hydrogens is 418 g/mol. The number of carbonyl (C=O) groups excluding carboxylic acids is 1. The smallest absolute Gasteiger partial charge is 0.407 e. The van der Waals surface area contributed by atoms with Crippen LogP contribution in [0.1, 0.15) is 33.6 Å². The molecule has 0 bridgehead atoms. The van der Waals surface area contributed by atoms with E-state index in [9.17, 15) is 14.9 Å². The van der Waals surface area contributed by atoms with Crippen molar-refractivity contribution in [3.05, 3.63) is 32.8 Å². The maximum absolute atomic E-state index is 11.9. The van der Waals surface area contributed by atoms with Crippen molar-refractivity contribution in [2.24, 2.45) is 0 Å². The van der Waals surface area contributed by atoms with Crippen LogP contribution in [0.25, 0.3) is 0 Å². The first-order chi connectivity index (χ1) is 12.6. The number of nitrogens with one attached hydrogen (secondary N) is 1. The van der Waals surface area contributed by atoms with Gasteiger partial charge in [0.2, 0.25) is 0 Å². The van der Waals surface area contributed by atoms with Gasteiger partial charge in [-0.1, -0.05) is 0 Å². The van der Waals surface area contributed by atoms with Crippen molar-refractivity contribution in [1.29, 1.82) is 0 Å². The summed E-state index contributed by atoms with van der Waals surface area (Å²) in [6.45, 7) is 8.36. The van der Waals surface area contributed by atoms with E-state index in [-0.39, 0.29) is 17.8 Å². The Labute approximate surface area is 167 Å². The van der Waals surface area contributed by atoms with E-state index in [2.05, 4.69) is 26.1 Å². The summed E-state index contributed by atoms with van der Waals surface area (Å²) >= 11 is 3.30. The molecule has 1 aliphatic rings. The molecule has 150 valence electrons. The van der Waals surface area contributed by atoms with Gasteiger partial charge in [-0.15, -0.1) is 0 Å². The minimum atomic E-state index is -0.510. The number of benzene rings is 1. The maximum atomic E-state index is 11.9. The van der Waals surface area contributed by atoms with Gasteiger partial charge in [0.15, 0.2) is 0 Å². The Kier molecular flexibility index (Phi) is 7.43. The zero-order valence-corrected chi connectivity index (χ0v) is 17.5. The summed E-state index contributed by atoms with van der Waals surface area (Å²) in [6, 6.07) is 4.49. The van der Waals surface area contributed by atoms with Gasteiger partial charge in [-0.05, 0) is 62.2 Å². The molecule has 0 radical (unpaired) electrons. The van der Waals surface area contributed by atoms with Crippen LogP contribution in [0.5, 0.6) is 5.75 Å². The molecule has 27 heavy (non-hydrogen) atoms. The summed E-state index contributed by atoms with van der Waals surface area (Å²) in [4.78, 5) is 24.5. The van der Waals surface area contributed by atoms with Crippen LogP contribution in [-0.4, -0.2) is 53.8 Å². The fourth-order valence-corrected chi connectivity index (χ4v) is 3.34. The largest absolute Gasteiger partial charge is 0.491 e. The van der Waals surface area contributed by atoms with E-state index in [1.165, 1.54) is 12.1 Å². The van der Waals surface area contributed by atoms with Crippen LogP contribution in [0.2, 0.25) is 0 Å². The van der Waals surface area contributed by atoms with Crippen molar-refractivity contribution in [3.63, 3.8) is 0 Å². The van der Waals surface area contributed by atoms with E-state index >= 15 is 0 Å². The molecule has 1 aliphatic heterocycles. The molecule has 1 aromatic rings. The average molecular weight is 444 g/mol. The van der Waals surface area contributed by atoms with Gasteiger partial charge in [-0.25, -0.2) is 4.79 Å². The van der Waals surface area contributed by atoms with E-state index in [1.807, 2.05) is 20.8 Å². The van der Waals surface area contributed by atoms with Gasteiger partial charge in [0.05, 0.1) is 9.40 Å². The number of likely N-dealkylation sites (tertiary alicyclic amines) is 1. The van der Waals surface area contributed by atoms with Gasteiger partial charge >= 0.3 is 6.09 Å². The predicted octanol–water partition coefficient (Wildman–Crippen LogP) is 3.73. The Morgan fingerprint density at radius 2 is 2.19 bits per heavy atom. The molecule has 9 heteroatoms. The zero-order valence-electron chi connectivity index (χ0n) is 15.9. The number of hydrogen-bond acceptors (Lipinski definition) is 6. The Bertz CT molecular complexity index is 677. The molecule has 0 aliphatic carbocycles. The maximum Gasteiger partial charge on any atom is 0.407 e. The Hall–Kier alpha value is -1.87. The molecule has 1 N–H and O–H groups in total. The topological polar surface area (TPSA) is 93.9 Å². The van der Waals surface area contributed by atoms with Crippen molar-refractivity contribution in [2.45, 2.75) is 45.3 Å². The number of rotatable bonds is 6. The fourth-order valence-electron chi connectivity index (χ4n) is 2.86. The second kappa shape index (κ2) is 9.36. The van der Waals surface area contributed by atoms with Gasteiger partial charge in [0, 0.05) is 31.3 Å². The number of piperidine rings is 1. The van der Waals surface area contributed by atoms with Crippen molar-refractivity contribution in [1.82, 2.24) is 10.2 Å². The lowest BCUT2D eigenvalue weighted by Gasteiger charge is -2.33. The number of non-ortho nitro benzene ring substituents is 1. The second-order valence-corrected chi connectivity index (χ2v) is 8.36. The molecule has 1 fully saturated rings. The van der Waals surface area contributed by atoms with Gasteiger partial charge in [-0.2, -0.15) is 0 Å². The van der Waals surface area contributed by atoms with Crippen LogP contribution in [0.15, 0.2) is 22.7 Å². The van der Waals surface area contributed by atoms with Crippen molar-refractivity contribution in [2.75, 3.05) is 26.2 Å². The number of halogens is 1. The van der Waals surface area contributed by atoms with Crippen LogP contribution in [0.4, 0.5) is 10.5 Å². The zero-order chi connectivity index (χ0) is 20.0. The number of hydrogen-bond donors (Lipinski definition) is 1. The Morgan fingerprint density at radius 3 is 2.81 bits per heavy atom. The summed E-state index contributed by atoms with van der Waals surface area (Å²) in [5.74, 6) is 0.570. The second-order valence-electron chi connectivity index (χ2n) is 7.51. The van der Waals surface area contributed by atoms with E-state index in [0.717, 1.165) is 25.9 Å². The molecule has 0 aromatic heterocycles. The minimum absolute atomic E-state index is 0.0151. The first-order valence-electron chi connectivity index (χ1n) is 8.92. The molecule has 0 spiro atoms. The number of alkyl carbamates (subject to hydrolysis) is 1. The average Bonchev–Trinajstić information content (AvgIpc) is 2.54. The van der Waals surface area contributed by atoms with Crippen LogP contribution in [0, 0.1) is 10.1 Å². The fraction of sp³-hybridized carbons (Fsp3) is 0.611.